The van der Waals surface area contributed by atoms with E-state index in [1.165, 1.54) is 11.1 Å². The predicted molar refractivity (Wildman–Crippen MR) is 70.9 cm³/mol. The minimum absolute atomic E-state index is 0. The van der Waals surface area contributed by atoms with Crippen molar-refractivity contribution >= 4 is 18.1 Å². The molecule has 0 unspecified atom stereocenters. The number of nitrogen functional groups attached to an aromatic ring is 1. The highest BCUT2D eigenvalue weighted by Gasteiger charge is 2.07. The van der Waals surface area contributed by atoms with E-state index in [1.807, 2.05) is 32.2 Å². The number of hydrogen-bond acceptors (Lipinski definition) is 3. The Morgan fingerprint density at radius 1 is 1.24 bits per heavy atom. The van der Waals surface area contributed by atoms with E-state index in [0.29, 0.717) is 11.6 Å². The summed E-state index contributed by atoms with van der Waals surface area (Å²) in [7, 11) is 1.81. The van der Waals surface area contributed by atoms with E-state index >= 15 is 0 Å². The maximum Gasteiger partial charge on any atom is 0.261 e. The predicted octanol–water partition coefficient (Wildman–Crippen LogP) is 2.83. The van der Waals surface area contributed by atoms with Gasteiger partial charge in [0.25, 0.3) is 5.88 Å². The van der Waals surface area contributed by atoms with Crippen molar-refractivity contribution in [2.24, 2.45) is 7.05 Å². The summed E-state index contributed by atoms with van der Waals surface area (Å²) >= 11 is 0. The Hall–Kier alpha value is -1.68. The lowest BCUT2D eigenvalue weighted by Crippen LogP contribution is -1.92. The Morgan fingerprint density at radius 3 is 2.47 bits per heavy atom. The number of hydrogen-bond donors (Lipinski definition) is 1. The zero-order valence-electron chi connectivity index (χ0n) is 10.1. The molecule has 5 heteroatoms. The first kappa shape index (κ1) is 13.4. The molecular weight excluding hydrogens is 238 g/mol. The van der Waals surface area contributed by atoms with Crippen LogP contribution in [0, 0.1) is 13.8 Å². The zero-order valence-corrected chi connectivity index (χ0v) is 10.9. The van der Waals surface area contributed by atoms with Gasteiger partial charge < -0.3 is 10.5 Å². The van der Waals surface area contributed by atoms with E-state index in [1.54, 1.807) is 10.9 Å². The molecule has 0 atom stereocenters. The van der Waals surface area contributed by atoms with Gasteiger partial charge in [0.15, 0.2) is 0 Å². The van der Waals surface area contributed by atoms with Gasteiger partial charge in [-0.15, -0.1) is 17.5 Å². The van der Waals surface area contributed by atoms with Crippen LogP contribution in [-0.4, -0.2) is 9.78 Å². The molecule has 0 spiro atoms. The van der Waals surface area contributed by atoms with Gasteiger partial charge in [0, 0.05) is 7.05 Å². The Morgan fingerprint density at radius 2 is 1.94 bits per heavy atom. The first-order chi connectivity index (χ1) is 7.56. The van der Waals surface area contributed by atoms with Gasteiger partial charge in [-0.25, -0.2) is 0 Å². The van der Waals surface area contributed by atoms with Gasteiger partial charge in [-0.1, -0.05) is 6.07 Å². The summed E-state index contributed by atoms with van der Waals surface area (Å²) in [5, 5.41) is 4.13. The summed E-state index contributed by atoms with van der Waals surface area (Å²) in [5.41, 5.74) is 8.72. The molecule has 2 N–H and O–H groups in total. The van der Waals surface area contributed by atoms with Crippen molar-refractivity contribution in [3.8, 4) is 11.6 Å². The molecule has 0 aliphatic rings. The Balaban J connectivity index is 0.00000144. The van der Waals surface area contributed by atoms with Gasteiger partial charge in [-0.3, -0.25) is 4.68 Å². The van der Waals surface area contributed by atoms with E-state index in [4.69, 9.17) is 10.5 Å². The Bertz CT molecular complexity index is 522. The zero-order chi connectivity index (χ0) is 11.7. The number of halogens is 1. The Labute approximate surface area is 107 Å². The van der Waals surface area contributed by atoms with Crippen LogP contribution in [0.25, 0.3) is 0 Å². The van der Waals surface area contributed by atoms with Crippen LogP contribution < -0.4 is 10.5 Å². The quantitative estimate of drug-likeness (QED) is 0.895. The fourth-order valence-corrected chi connectivity index (χ4v) is 1.45. The van der Waals surface area contributed by atoms with Gasteiger partial charge in [-0.05, 0) is 37.1 Å². The average Bonchev–Trinajstić information content (AvgIpc) is 2.51. The van der Waals surface area contributed by atoms with Gasteiger partial charge >= 0.3 is 0 Å². The molecule has 0 saturated heterocycles. The molecule has 0 amide bonds. The molecule has 1 aromatic heterocycles. The summed E-state index contributed by atoms with van der Waals surface area (Å²) in [6.45, 7) is 4.11. The van der Waals surface area contributed by atoms with E-state index in [2.05, 4.69) is 12.0 Å². The van der Waals surface area contributed by atoms with E-state index in [0.717, 1.165) is 5.75 Å². The molecule has 0 fully saturated rings. The van der Waals surface area contributed by atoms with E-state index < -0.39 is 0 Å². The molecule has 92 valence electrons. The highest BCUT2D eigenvalue weighted by atomic mass is 35.5. The maximum absolute atomic E-state index is 5.75. The number of anilines is 1. The van der Waals surface area contributed by atoms with Crippen molar-refractivity contribution in [3.63, 3.8) is 0 Å². The van der Waals surface area contributed by atoms with Crippen molar-refractivity contribution in [3.05, 3.63) is 35.5 Å². The lowest BCUT2D eigenvalue weighted by Gasteiger charge is -2.05. The summed E-state index contributed by atoms with van der Waals surface area (Å²) in [6, 6.07) is 5.91. The molecule has 2 aromatic rings. The number of nitrogens with zero attached hydrogens (tertiary/aromatic N) is 2. The van der Waals surface area contributed by atoms with Crippen LogP contribution in [0.4, 0.5) is 5.69 Å². The van der Waals surface area contributed by atoms with Crippen LogP contribution in [0.5, 0.6) is 11.6 Å². The van der Waals surface area contributed by atoms with Crippen molar-refractivity contribution in [1.82, 2.24) is 9.78 Å². The molecule has 0 bridgehead atoms. The third-order valence-corrected chi connectivity index (χ3v) is 2.51. The monoisotopic (exact) mass is 253 g/mol. The SMILES string of the molecule is Cc1ccc(Oc2nn(C)cc2N)cc1C.Cl. The second-order valence-electron chi connectivity index (χ2n) is 3.91. The lowest BCUT2D eigenvalue weighted by molar-refractivity contribution is 0.455. The van der Waals surface area contributed by atoms with Crippen LogP contribution in [-0.2, 0) is 7.05 Å². The molecule has 0 aliphatic carbocycles. The highest BCUT2D eigenvalue weighted by Crippen LogP contribution is 2.26. The highest BCUT2D eigenvalue weighted by molar-refractivity contribution is 5.85. The topological polar surface area (TPSA) is 53.1 Å². The van der Waals surface area contributed by atoms with Gasteiger partial charge in [0.1, 0.15) is 11.4 Å². The van der Waals surface area contributed by atoms with Crippen molar-refractivity contribution in [1.29, 1.82) is 0 Å². The third kappa shape index (κ3) is 2.91. The van der Waals surface area contributed by atoms with Gasteiger partial charge in [-0.2, -0.15) is 0 Å². The molecule has 4 nitrogen and oxygen atoms in total. The number of aryl methyl sites for hydroxylation is 3. The molecule has 17 heavy (non-hydrogen) atoms. The second kappa shape index (κ2) is 5.10. The van der Waals surface area contributed by atoms with Gasteiger partial charge in [0.05, 0.1) is 6.20 Å². The summed E-state index contributed by atoms with van der Waals surface area (Å²) in [6.07, 6.45) is 1.72. The molecule has 0 aliphatic heterocycles. The third-order valence-electron chi connectivity index (χ3n) is 2.51. The molecule has 0 saturated carbocycles. The van der Waals surface area contributed by atoms with Gasteiger partial charge in [0.2, 0.25) is 0 Å². The number of benzene rings is 1. The molecule has 0 radical (unpaired) electrons. The number of ether oxygens (including phenoxy) is 1. The molecule has 1 aromatic carbocycles. The fraction of sp³-hybridized carbons (Fsp3) is 0.250. The number of aromatic nitrogens is 2. The minimum atomic E-state index is 0. The number of rotatable bonds is 2. The van der Waals surface area contributed by atoms with E-state index in [9.17, 15) is 0 Å². The Kier molecular flexibility index (Phi) is 4.02. The van der Waals surface area contributed by atoms with E-state index in [-0.39, 0.29) is 12.4 Å². The lowest BCUT2D eigenvalue weighted by atomic mass is 10.1. The van der Waals surface area contributed by atoms with Crippen LogP contribution in [0.2, 0.25) is 0 Å². The normalized spacial score (nSPS) is 9.82. The van der Waals surface area contributed by atoms with Crippen LogP contribution in [0.3, 0.4) is 0 Å². The first-order valence-electron chi connectivity index (χ1n) is 5.10. The minimum Gasteiger partial charge on any atom is -0.436 e. The summed E-state index contributed by atoms with van der Waals surface area (Å²) in [5.74, 6) is 1.21. The van der Waals surface area contributed by atoms with Crippen molar-refractivity contribution < 1.29 is 4.74 Å². The summed E-state index contributed by atoms with van der Waals surface area (Å²) in [4.78, 5) is 0. The van der Waals surface area contributed by atoms with Crippen molar-refractivity contribution in [2.45, 2.75) is 13.8 Å². The van der Waals surface area contributed by atoms with Crippen LogP contribution in [0.15, 0.2) is 24.4 Å². The van der Waals surface area contributed by atoms with Crippen molar-refractivity contribution in [2.75, 3.05) is 5.73 Å². The largest absolute Gasteiger partial charge is 0.436 e. The smallest absolute Gasteiger partial charge is 0.261 e. The maximum atomic E-state index is 5.75. The second-order valence-corrected chi connectivity index (χ2v) is 3.91. The molecular formula is C12H16ClN3O. The first-order valence-corrected chi connectivity index (χ1v) is 5.10. The fourth-order valence-electron chi connectivity index (χ4n) is 1.45. The average molecular weight is 254 g/mol. The van der Waals surface area contributed by atoms with Crippen LogP contribution in [0.1, 0.15) is 11.1 Å². The van der Waals surface area contributed by atoms with Crippen LogP contribution >= 0.6 is 12.4 Å². The molecule has 1 heterocycles. The molecule has 2 rings (SSSR count). The summed E-state index contributed by atoms with van der Waals surface area (Å²) < 4.78 is 7.24. The standard InChI is InChI=1S/C12H15N3O.ClH/c1-8-4-5-10(6-9(8)2)16-12-11(13)7-15(3)14-12;/h4-7H,13H2,1-3H3;1H. The number of nitrogens with two attached hydrogens (primary N) is 1.